The van der Waals surface area contributed by atoms with Gasteiger partial charge < -0.3 is 25.1 Å². The Balaban J connectivity index is 1.99. The van der Waals surface area contributed by atoms with E-state index in [1.807, 2.05) is 56.4 Å². The van der Waals surface area contributed by atoms with Gasteiger partial charge in [0, 0.05) is 53.7 Å². The average Bonchev–Trinajstić information content (AvgIpc) is 2.93. The van der Waals surface area contributed by atoms with Gasteiger partial charge in [0.05, 0.1) is 19.9 Å². The van der Waals surface area contributed by atoms with Gasteiger partial charge in [-0.05, 0) is 56.0 Å². The molecule has 1 unspecified atom stereocenters. The molecule has 3 rings (SSSR count). The monoisotopic (exact) mass is 570 g/mol. The Kier molecular flexibility index (Phi) is 11.5. The van der Waals surface area contributed by atoms with E-state index in [9.17, 15) is 4.79 Å². The number of hydrogen-bond donors (Lipinski definition) is 2. The molecular weight excluding hydrogens is 535 g/mol. The summed E-state index contributed by atoms with van der Waals surface area (Å²) >= 11 is 6.48. The highest BCUT2D eigenvalue weighted by molar-refractivity contribution is 7.27. The third kappa shape index (κ3) is 7.67. The molecule has 9 nitrogen and oxygen atoms in total. The van der Waals surface area contributed by atoms with Crippen molar-refractivity contribution >= 4 is 67.2 Å². The normalized spacial score (nSPS) is 11.3. The third-order valence-electron chi connectivity index (χ3n) is 6.10. The second-order valence-electron chi connectivity index (χ2n) is 8.61. The summed E-state index contributed by atoms with van der Waals surface area (Å²) in [4.78, 5) is 28.3. The molecule has 39 heavy (non-hydrogen) atoms. The first kappa shape index (κ1) is 30.3. The molecule has 1 atom stereocenters. The number of ether oxygens (including phenoxy) is 1. The quantitative estimate of drug-likeness (QED) is 0.164. The van der Waals surface area contributed by atoms with E-state index in [2.05, 4.69) is 36.7 Å². The molecule has 2 N–H and O–H groups in total. The Hall–Kier alpha value is -3.23. The molecule has 3 aromatic rings. The largest absolute Gasteiger partial charge is 0.495 e. The molecule has 0 radical (unpaired) electrons. The van der Waals surface area contributed by atoms with Crippen LogP contribution in [0.25, 0.3) is 11.6 Å². The summed E-state index contributed by atoms with van der Waals surface area (Å²) in [6.07, 6.45) is 4.37. The van der Waals surface area contributed by atoms with E-state index in [4.69, 9.17) is 26.2 Å². The lowest BCUT2D eigenvalue weighted by atomic mass is 10.0. The molecule has 208 valence electrons. The lowest BCUT2D eigenvalue weighted by Crippen LogP contribution is -2.30. The zero-order valence-corrected chi connectivity index (χ0v) is 24.9. The number of rotatable bonds is 14. The summed E-state index contributed by atoms with van der Waals surface area (Å²) in [5, 5.41) is 9.46. The highest BCUT2D eigenvalue weighted by atomic mass is 35.5. The zero-order chi connectivity index (χ0) is 28.4. The molecule has 0 spiro atoms. The summed E-state index contributed by atoms with van der Waals surface area (Å²) in [7, 11) is 7.79. The fraction of sp³-hybridized carbons (Fsp3) is 0.321. The molecule has 0 aliphatic carbocycles. The first-order chi connectivity index (χ1) is 18.9. The smallest absolute Gasteiger partial charge is 0.229 e. The minimum Gasteiger partial charge on any atom is -0.495 e. The molecular formula is C28H36ClN6O3P. The van der Waals surface area contributed by atoms with Gasteiger partial charge in [-0.3, -0.25) is 4.84 Å². The van der Waals surface area contributed by atoms with Crippen LogP contribution < -0.4 is 30.6 Å². The molecule has 1 aromatic heterocycles. The van der Waals surface area contributed by atoms with Crippen LogP contribution in [0.2, 0.25) is 5.02 Å². The van der Waals surface area contributed by atoms with Gasteiger partial charge in [-0.25, -0.2) is 10.0 Å². The minimum absolute atomic E-state index is 0.00416. The topological polar surface area (TPSA) is 91.9 Å². The van der Waals surface area contributed by atoms with Crippen LogP contribution in [0.1, 0.15) is 25.0 Å². The lowest BCUT2D eigenvalue weighted by Gasteiger charge is -2.25. The van der Waals surface area contributed by atoms with Crippen LogP contribution in [-0.2, 0) is 9.63 Å². The maximum Gasteiger partial charge on any atom is 0.229 e. The van der Waals surface area contributed by atoms with Crippen LogP contribution in [0.4, 0.5) is 23.1 Å². The van der Waals surface area contributed by atoms with Crippen molar-refractivity contribution in [1.82, 2.24) is 15.3 Å². The maximum absolute atomic E-state index is 11.4. The molecule has 0 bridgehead atoms. The first-order valence-electron chi connectivity index (χ1n) is 12.6. The van der Waals surface area contributed by atoms with Crippen molar-refractivity contribution in [3.05, 3.63) is 58.7 Å². The van der Waals surface area contributed by atoms with Crippen LogP contribution in [-0.4, -0.2) is 63.7 Å². The number of hydrogen-bond acceptors (Lipinski definition) is 9. The Morgan fingerprint density at radius 1 is 1.23 bits per heavy atom. The Morgan fingerprint density at radius 3 is 2.67 bits per heavy atom. The van der Waals surface area contributed by atoms with Gasteiger partial charge in [-0.1, -0.05) is 23.7 Å². The van der Waals surface area contributed by atoms with E-state index in [0.29, 0.717) is 22.4 Å². The minimum atomic E-state index is -0.00416. The van der Waals surface area contributed by atoms with Crippen molar-refractivity contribution in [3.8, 4) is 5.75 Å². The van der Waals surface area contributed by atoms with E-state index in [1.165, 1.54) is 12.2 Å². The van der Waals surface area contributed by atoms with Crippen LogP contribution >= 0.6 is 20.8 Å². The zero-order valence-electron chi connectivity index (χ0n) is 23.0. The molecule has 0 aliphatic heterocycles. The summed E-state index contributed by atoms with van der Waals surface area (Å²) < 4.78 is 5.69. The van der Waals surface area contributed by atoms with Gasteiger partial charge in [0.2, 0.25) is 5.95 Å². The number of nitrogens with one attached hydrogen (secondary N) is 2. The van der Waals surface area contributed by atoms with E-state index in [-0.39, 0.29) is 6.54 Å². The van der Waals surface area contributed by atoms with Crippen molar-refractivity contribution in [1.29, 1.82) is 0 Å². The Morgan fingerprint density at radius 2 is 2.03 bits per heavy atom. The van der Waals surface area contributed by atoms with Gasteiger partial charge >= 0.3 is 0 Å². The summed E-state index contributed by atoms with van der Waals surface area (Å²) in [6.45, 7) is 6.64. The molecule has 1 heterocycles. The third-order valence-corrected chi connectivity index (χ3v) is 6.89. The van der Waals surface area contributed by atoms with E-state index >= 15 is 0 Å². The van der Waals surface area contributed by atoms with Crippen LogP contribution in [0.15, 0.2) is 42.6 Å². The van der Waals surface area contributed by atoms with Crippen molar-refractivity contribution in [3.63, 3.8) is 0 Å². The number of hydroxylamine groups is 1. The molecule has 0 amide bonds. The fourth-order valence-corrected chi connectivity index (χ4v) is 5.08. The number of likely N-dealkylation sites (N-methyl/N-ethyl adjacent to an activating group) is 2. The summed E-state index contributed by atoms with van der Waals surface area (Å²) in [5.41, 5.74) is 4.25. The van der Waals surface area contributed by atoms with Gasteiger partial charge in [0.1, 0.15) is 18.6 Å². The first-order valence-corrected chi connectivity index (χ1v) is 13.5. The maximum atomic E-state index is 11.4. The second kappa shape index (κ2) is 14.8. The standard InChI is InChI=1S/C28H36ClN6O3P/c1-6-34(13-12-30-3)23-11-10-21(17-24(23)37-4)32-28-31-18-20(27(33-28)35(38-5)14-15-36)16-19(2)26-22(29)8-7-9-25(26)39/h7-11,15-18,30H,6,12-14,39H2,1-5H3,(H,31,32,33)/b19-16+. The summed E-state index contributed by atoms with van der Waals surface area (Å²) in [6, 6.07) is 11.6. The van der Waals surface area contributed by atoms with Gasteiger partial charge in [-0.2, -0.15) is 4.98 Å². The number of carbonyl (C=O) groups excluding carboxylic acids is 1. The van der Waals surface area contributed by atoms with Crippen molar-refractivity contribution < 1.29 is 14.4 Å². The van der Waals surface area contributed by atoms with Gasteiger partial charge in [0.15, 0.2) is 5.82 Å². The SMILES string of the molecule is CCN(CCNC)c1ccc(Nc2ncc(/C=C(\C)c3c(P)cccc3Cl)c(N(CC=O)OC)n2)cc1OC. The molecule has 0 saturated heterocycles. The predicted octanol–water partition coefficient (Wildman–Crippen LogP) is 4.56. The van der Waals surface area contributed by atoms with Crippen molar-refractivity contribution in [2.75, 3.05) is 62.7 Å². The molecule has 11 heteroatoms. The number of carbonyl (C=O) groups is 1. The summed E-state index contributed by atoms with van der Waals surface area (Å²) in [5.74, 6) is 1.52. The molecule has 0 fully saturated rings. The molecule has 2 aromatic carbocycles. The fourth-order valence-electron chi connectivity index (χ4n) is 4.16. The van der Waals surface area contributed by atoms with Crippen molar-refractivity contribution in [2.45, 2.75) is 13.8 Å². The van der Waals surface area contributed by atoms with Crippen LogP contribution in [0.3, 0.4) is 0 Å². The number of nitrogens with zero attached hydrogens (tertiary/aromatic N) is 4. The Labute approximate surface area is 237 Å². The van der Waals surface area contributed by atoms with Crippen LogP contribution in [0, 0.1) is 0 Å². The highest BCUT2D eigenvalue weighted by Gasteiger charge is 2.17. The van der Waals surface area contributed by atoms with Gasteiger partial charge in [-0.15, -0.1) is 9.24 Å². The molecule has 0 saturated carbocycles. The number of anilines is 4. The van der Waals surface area contributed by atoms with E-state index in [1.54, 1.807) is 13.3 Å². The average molecular weight is 571 g/mol. The van der Waals surface area contributed by atoms with Crippen LogP contribution in [0.5, 0.6) is 5.75 Å². The number of allylic oxidation sites excluding steroid dienone is 1. The number of methoxy groups -OCH3 is 1. The Bertz CT molecular complexity index is 1290. The number of halogens is 1. The second-order valence-corrected chi connectivity index (χ2v) is 9.64. The molecule has 0 aliphatic rings. The predicted molar refractivity (Wildman–Crippen MR) is 165 cm³/mol. The number of aldehydes is 1. The van der Waals surface area contributed by atoms with Crippen molar-refractivity contribution in [2.24, 2.45) is 0 Å². The number of benzene rings is 2. The van der Waals surface area contributed by atoms with E-state index in [0.717, 1.165) is 59.5 Å². The number of aromatic nitrogens is 2. The van der Waals surface area contributed by atoms with E-state index < -0.39 is 0 Å². The lowest BCUT2D eigenvalue weighted by molar-refractivity contribution is -0.107. The van der Waals surface area contributed by atoms with Gasteiger partial charge in [0.25, 0.3) is 0 Å². The highest BCUT2D eigenvalue weighted by Crippen LogP contribution is 2.33.